The Morgan fingerprint density at radius 3 is 2.69 bits per heavy atom. The van der Waals surface area contributed by atoms with Gasteiger partial charge in [-0.15, -0.1) is 0 Å². The molecule has 0 fully saturated rings. The van der Waals surface area contributed by atoms with Crippen molar-refractivity contribution in [2.24, 2.45) is 0 Å². The Labute approximate surface area is 96.4 Å². The van der Waals surface area contributed by atoms with Gasteiger partial charge < -0.3 is 16.0 Å². The third kappa shape index (κ3) is 2.89. The van der Waals surface area contributed by atoms with E-state index in [-0.39, 0.29) is 5.91 Å². The minimum atomic E-state index is -0.0152. The Kier molecular flexibility index (Phi) is 4.17. The van der Waals surface area contributed by atoms with Crippen LogP contribution < -0.4 is 11.1 Å². The molecular formula is C12H19N3O. The van der Waals surface area contributed by atoms with Gasteiger partial charge in [0.1, 0.15) is 0 Å². The second kappa shape index (κ2) is 5.39. The lowest BCUT2D eigenvalue weighted by Gasteiger charge is -2.15. The Morgan fingerprint density at radius 2 is 2.12 bits per heavy atom. The Bertz CT molecular complexity index is 375. The van der Waals surface area contributed by atoms with E-state index in [0.29, 0.717) is 11.3 Å². The van der Waals surface area contributed by atoms with Crippen molar-refractivity contribution in [1.29, 1.82) is 0 Å². The van der Waals surface area contributed by atoms with Gasteiger partial charge in [-0.05, 0) is 24.6 Å². The number of nitrogens with two attached hydrogens (primary N) is 1. The number of nitrogen functional groups attached to an aromatic ring is 1. The SMILES string of the molecule is CCCNc1cc(N)ccc1C(=O)N(C)C. The second-order valence-electron chi connectivity index (χ2n) is 3.93. The Morgan fingerprint density at radius 1 is 1.44 bits per heavy atom. The molecule has 0 spiro atoms. The van der Waals surface area contributed by atoms with Crippen molar-refractivity contribution in [2.75, 3.05) is 31.7 Å². The summed E-state index contributed by atoms with van der Waals surface area (Å²) in [5, 5.41) is 3.21. The smallest absolute Gasteiger partial charge is 0.255 e. The van der Waals surface area contributed by atoms with E-state index < -0.39 is 0 Å². The normalized spacial score (nSPS) is 9.94. The third-order valence-electron chi connectivity index (χ3n) is 2.25. The van der Waals surface area contributed by atoms with Gasteiger partial charge in [-0.3, -0.25) is 4.79 Å². The minimum Gasteiger partial charge on any atom is -0.399 e. The fraction of sp³-hybridized carbons (Fsp3) is 0.417. The highest BCUT2D eigenvalue weighted by atomic mass is 16.2. The van der Waals surface area contributed by atoms with Crippen LogP contribution in [-0.2, 0) is 0 Å². The summed E-state index contributed by atoms with van der Waals surface area (Å²) in [6, 6.07) is 5.30. The van der Waals surface area contributed by atoms with Crippen LogP contribution in [0, 0.1) is 0 Å². The number of nitrogens with zero attached hydrogens (tertiary/aromatic N) is 1. The number of hydrogen-bond acceptors (Lipinski definition) is 3. The molecule has 3 N–H and O–H groups in total. The molecule has 1 aromatic rings. The van der Waals surface area contributed by atoms with Gasteiger partial charge in [0.25, 0.3) is 5.91 Å². The van der Waals surface area contributed by atoms with E-state index in [1.165, 1.54) is 0 Å². The van der Waals surface area contributed by atoms with Crippen molar-refractivity contribution in [3.05, 3.63) is 23.8 Å². The average Bonchev–Trinajstić information content (AvgIpc) is 2.25. The van der Waals surface area contributed by atoms with Crippen LogP contribution >= 0.6 is 0 Å². The van der Waals surface area contributed by atoms with E-state index in [9.17, 15) is 4.79 Å². The molecule has 0 aliphatic carbocycles. The van der Waals surface area contributed by atoms with Crippen molar-refractivity contribution in [3.8, 4) is 0 Å². The van der Waals surface area contributed by atoms with Gasteiger partial charge in [-0.2, -0.15) is 0 Å². The molecule has 0 saturated carbocycles. The molecule has 88 valence electrons. The quantitative estimate of drug-likeness (QED) is 0.762. The van der Waals surface area contributed by atoms with Crippen molar-refractivity contribution >= 4 is 17.3 Å². The van der Waals surface area contributed by atoms with Gasteiger partial charge in [0.2, 0.25) is 0 Å². The first kappa shape index (κ1) is 12.4. The first-order valence-electron chi connectivity index (χ1n) is 5.41. The minimum absolute atomic E-state index is 0.0152. The summed E-state index contributed by atoms with van der Waals surface area (Å²) in [5.41, 5.74) is 7.84. The van der Waals surface area contributed by atoms with E-state index >= 15 is 0 Å². The molecule has 1 rings (SSSR count). The Hall–Kier alpha value is -1.71. The molecule has 0 heterocycles. The van der Waals surface area contributed by atoms with Crippen molar-refractivity contribution in [2.45, 2.75) is 13.3 Å². The molecule has 0 unspecified atom stereocenters. The van der Waals surface area contributed by atoms with Crippen molar-refractivity contribution < 1.29 is 4.79 Å². The number of carbonyl (C=O) groups is 1. The fourth-order valence-electron chi connectivity index (χ4n) is 1.40. The maximum atomic E-state index is 11.9. The molecule has 1 amide bonds. The number of carbonyl (C=O) groups excluding carboxylic acids is 1. The lowest BCUT2D eigenvalue weighted by Crippen LogP contribution is -2.23. The zero-order chi connectivity index (χ0) is 12.1. The zero-order valence-corrected chi connectivity index (χ0v) is 10.1. The van der Waals surface area contributed by atoms with Crippen LogP contribution in [0.25, 0.3) is 0 Å². The monoisotopic (exact) mass is 221 g/mol. The summed E-state index contributed by atoms with van der Waals surface area (Å²) in [5.74, 6) is -0.0152. The molecule has 4 heteroatoms. The van der Waals surface area contributed by atoms with E-state index in [2.05, 4.69) is 12.2 Å². The summed E-state index contributed by atoms with van der Waals surface area (Å²) < 4.78 is 0. The van der Waals surface area contributed by atoms with Gasteiger partial charge in [0.05, 0.1) is 5.56 Å². The van der Waals surface area contributed by atoms with Crippen LogP contribution in [0.1, 0.15) is 23.7 Å². The molecule has 1 aromatic carbocycles. The summed E-state index contributed by atoms with van der Waals surface area (Å²) in [4.78, 5) is 13.4. The van der Waals surface area contributed by atoms with Crippen LogP contribution in [0.15, 0.2) is 18.2 Å². The number of anilines is 2. The highest BCUT2D eigenvalue weighted by Gasteiger charge is 2.12. The van der Waals surface area contributed by atoms with E-state index in [1.807, 2.05) is 0 Å². The first-order valence-corrected chi connectivity index (χ1v) is 5.41. The Balaban J connectivity index is 3.02. The predicted molar refractivity (Wildman–Crippen MR) is 67.7 cm³/mol. The largest absolute Gasteiger partial charge is 0.399 e. The zero-order valence-electron chi connectivity index (χ0n) is 10.1. The first-order chi connectivity index (χ1) is 7.56. The third-order valence-corrected chi connectivity index (χ3v) is 2.25. The maximum absolute atomic E-state index is 11.9. The molecule has 0 aromatic heterocycles. The van der Waals surface area contributed by atoms with Crippen LogP contribution in [-0.4, -0.2) is 31.4 Å². The number of hydrogen-bond donors (Lipinski definition) is 2. The molecule has 16 heavy (non-hydrogen) atoms. The van der Waals surface area contributed by atoms with Gasteiger partial charge in [0, 0.05) is 32.0 Å². The molecule has 0 saturated heterocycles. The van der Waals surface area contributed by atoms with Crippen molar-refractivity contribution in [1.82, 2.24) is 4.90 Å². The second-order valence-corrected chi connectivity index (χ2v) is 3.93. The number of nitrogens with one attached hydrogen (secondary N) is 1. The van der Waals surface area contributed by atoms with E-state index in [1.54, 1.807) is 37.2 Å². The van der Waals surface area contributed by atoms with Gasteiger partial charge >= 0.3 is 0 Å². The average molecular weight is 221 g/mol. The van der Waals surface area contributed by atoms with E-state index in [0.717, 1.165) is 18.7 Å². The molecule has 0 bridgehead atoms. The number of benzene rings is 1. The van der Waals surface area contributed by atoms with Crippen LogP contribution in [0.2, 0.25) is 0 Å². The molecule has 0 atom stereocenters. The molecule has 0 radical (unpaired) electrons. The number of amides is 1. The predicted octanol–water partition coefficient (Wildman–Crippen LogP) is 1.79. The highest BCUT2D eigenvalue weighted by molar-refractivity contribution is 5.99. The molecule has 0 aliphatic heterocycles. The lowest BCUT2D eigenvalue weighted by atomic mass is 10.1. The summed E-state index contributed by atoms with van der Waals surface area (Å²) in [7, 11) is 3.48. The topological polar surface area (TPSA) is 58.4 Å². The maximum Gasteiger partial charge on any atom is 0.255 e. The summed E-state index contributed by atoms with van der Waals surface area (Å²) >= 11 is 0. The summed E-state index contributed by atoms with van der Waals surface area (Å²) in [6.07, 6.45) is 1.00. The van der Waals surface area contributed by atoms with Crippen molar-refractivity contribution in [3.63, 3.8) is 0 Å². The van der Waals surface area contributed by atoms with Crippen LogP contribution in [0.3, 0.4) is 0 Å². The van der Waals surface area contributed by atoms with E-state index in [4.69, 9.17) is 5.73 Å². The standard InChI is InChI=1S/C12H19N3O/c1-4-7-14-11-8-9(13)5-6-10(11)12(16)15(2)3/h5-6,8,14H,4,7,13H2,1-3H3. The fourth-order valence-corrected chi connectivity index (χ4v) is 1.40. The van der Waals surface area contributed by atoms with Gasteiger partial charge in [-0.25, -0.2) is 0 Å². The molecule has 0 aliphatic rings. The van der Waals surface area contributed by atoms with Gasteiger partial charge in [0.15, 0.2) is 0 Å². The summed E-state index contributed by atoms with van der Waals surface area (Å²) in [6.45, 7) is 2.91. The van der Waals surface area contributed by atoms with Crippen LogP contribution in [0.5, 0.6) is 0 Å². The number of rotatable bonds is 4. The highest BCUT2D eigenvalue weighted by Crippen LogP contribution is 2.20. The van der Waals surface area contributed by atoms with Gasteiger partial charge in [-0.1, -0.05) is 6.92 Å². The molecule has 4 nitrogen and oxygen atoms in total. The van der Waals surface area contributed by atoms with Crippen LogP contribution in [0.4, 0.5) is 11.4 Å². The molecular weight excluding hydrogens is 202 g/mol. The lowest BCUT2D eigenvalue weighted by molar-refractivity contribution is 0.0828.